The van der Waals surface area contributed by atoms with E-state index in [0.717, 1.165) is 48.6 Å². The number of aryl methyl sites for hydroxylation is 10. The van der Waals surface area contributed by atoms with Crippen molar-refractivity contribution in [2.75, 3.05) is 0 Å². The summed E-state index contributed by atoms with van der Waals surface area (Å²) in [6.45, 7) is 19.1. The fraction of sp³-hybridized carbons (Fsp3) is 0.209. The van der Waals surface area contributed by atoms with E-state index in [1.165, 1.54) is 157 Å². The molecule has 0 unspecified atom stereocenters. The van der Waals surface area contributed by atoms with Crippen LogP contribution in [0.4, 0.5) is 0 Å². The summed E-state index contributed by atoms with van der Waals surface area (Å²) in [7, 11) is 10.7. The molecule has 0 saturated carbocycles. The van der Waals surface area contributed by atoms with Gasteiger partial charge in [0, 0.05) is 178 Å². The lowest BCUT2D eigenvalue weighted by molar-refractivity contribution is 0.826. The maximum atomic E-state index is 4.53. The van der Waals surface area contributed by atoms with E-state index in [1.807, 2.05) is 50.5 Å². The second-order valence-electron chi connectivity index (χ2n) is 27.1. The highest BCUT2D eigenvalue weighted by molar-refractivity contribution is 5.86. The van der Waals surface area contributed by atoms with Crippen molar-refractivity contribution in [3.63, 3.8) is 0 Å². The van der Waals surface area contributed by atoms with Gasteiger partial charge in [-0.2, -0.15) is 0 Å². The monoisotopic (exact) mass is 1290 g/mol. The third kappa shape index (κ3) is 10.9. The highest BCUT2D eigenvalue weighted by Crippen LogP contribution is 2.42. The summed E-state index contributed by atoms with van der Waals surface area (Å²) >= 11 is 0. The van der Waals surface area contributed by atoms with Crippen molar-refractivity contribution in [2.45, 2.75) is 88.0 Å². The lowest BCUT2D eigenvalue weighted by Crippen LogP contribution is -1.96. The first-order chi connectivity index (χ1) is 47.4. The van der Waals surface area contributed by atoms with Crippen LogP contribution in [0.25, 0.3) is 83.8 Å². The number of benzene rings is 4. The molecule has 12 heteroatoms. The zero-order valence-electron chi connectivity index (χ0n) is 59.0. The van der Waals surface area contributed by atoms with Crippen molar-refractivity contribution < 1.29 is 0 Å². The fourth-order valence-corrected chi connectivity index (χ4v) is 15.2. The van der Waals surface area contributed by atoms with Crippen LogP contribution in [0.2, 0.25) is 0 Å². The largest absolute Gasteiger partial charge is 0.354 e. The second kappa shape index (κ2) is 25.1. The van der Waals surface area contributed by atoms with Crippen LogP contribution < -0.4 is 0 Å². The zero-order chi connectivity index (χ0) is 67.9. The third-order valence-corrected chi connectivity index (χ3v) is 21.4. The topological polar surface area (TPSA) is 72.5 Å². The highest BCUT2D eigenvalue weighted by Gasteiger charge is 2.26. The van der Waals surface area contributed by atoms with Gasteiger partial charge in [-0.1, -0.05) is 115 Å². The van der Waals surface area contributed by atoms with Crippen molar-refractivity contribution >= 4 is 39.1 Å². The van der Waals surface area contributed by atoms with Crippen LogP contribution in [-0.2, 0) is 60.9 Å². The van der Waals surface area contributed by atoms with Gasteiger partial charge in [-0.05, 0) is 179 Å². The SMILES string of the molecule is Cc1c2c(cn1C)-c1ccccc1C2.Cc1c2c(cn1C)Cc1ccccc1-2.Cc1cc2c(cc3ccccn32)n1C.Cc1cc2c(n1C)-c1ccccc1C2.Cc1cc2c(n1C)Cc1ccccc1-2.Cc1nc2n(cc3ccccn32)c1C.Cc1nc2n(cc3ccccn32)c1C. The molecule has 4 aromatic carbocycles. The van der Waals surface area contributed by atoms with E-state index in [-0.39, 0.29) is 0 Å². The summed E-state index contributed by atoms with van der Waals surface area (Å²) in [6, 6.07) is 62.4. The molecular formula is C86H86N12. The van der Waals surface area contributed by atoms with Gasteiger partial charge in [-0.25, -0.2) is 9.97 Å². The fourth-order valence-electron chi connectivity index (χ4n) is 15.2. The molecule has 0 amide bonds. The van der Waals surface area contributed by atoms with Crippen molar-refractivity contribution in [1.82, 2.24) is 54.8 Å². The van der Waals surface area contributed by atoms with Crippen molar-refractivity contribution in [2.24, 2.45) is 35.2 Å². The first-order valence-corrected chi connectivity index (χ1v) is 34.2. The highest BCUT2D eigenvalue weighted by atomic mass is 15.2. The van der Waals surface area contributed by atoms with Crippen molar-refractivity contribution in [3.05, 3.63) is 315 Å². The molecule has 0 bridgehead atoms. The van der Waals surface area contributed by atoms with E-state index >= 15 is 0 Å². The van der Waals surface area contributed by atoms with E-state index in [0.29, 0.717) is 0 Å². The quantitative estimate of drug-likeness (QED) is 0.152. The molecule has 490 valence electrons. The van der Waals surface area contributed by atoms with E-state index in [2.05, 4.69) is 321 Å². The molecule has 4 aliphatic carbocycles. The van der Waals surface area contributed by atoms with Crippen LogP contribution in [0.5, 0.6) is 0 Å². The summed E-state index contributed by atoms with van der Waals surface area (Å²) in [5, 5.41) is 0. The maximum Gasteiger partial charge on any atom is 0.219 e. The van der Waals surface area contributed by atoms with Gasteiger partial charge in [0.15, 0.2) is 0 Å². The number of rotatable bonds is 0. The van der Waals surface area contributed by atoms with Crippen molar-refractivity contribution in [3.8, 4) is 44.6 Å². The van der Waals surface area contributed by atoms with E-state index in [4.69, 9.17) is 0 Å². The van der Waals surface area contributed by atoms with E-state index in [9.17, 15) is 0 Å². The van der Waals surface area contributed by atoms with Gasteiger partial charge in [0.05, 0.1) is 39.1 Å². The van der Waals surface area contributed by atoms with E-state index < -0.39 is 0 Å². The second-order valence-corrected chi connectivity index (χ2v) is 27.1. The van der Waals surface area contributed by atoms with Gasteiger partial charge in [-0.3, -0.25) is 17.6 Å². The van der Waals surface area contributed by atoms with E-state index in [1.54, 1.807) is 0 Å². The summed E-state index contributed by atoms with van der Waals surface area (Å²) in [4.78, 5) is 9.05. The Kier molecular flexibility index (Phi) is 16.1. The number of hydrogen-bond acceptors (Lipinski definition) is 2. The molecule has 0 saturated heterocycles. The van der Waals surface area contributed by atoms with Crippen LogP contribution in [-0.4, -0.2) is 54.8 Å². The summed E-state index contributed by atoms with van der Waals surface area (Å²) < 4.78 is 21.9. The molecule has 17 aromatic rings. The maximum absolute atomic E-state index is 4.53. The van der Waals surface area contributed by atoms with Crippen LogP contribution in [0.3, 0.4) is 0 Å². The van der Waals surface area contributed by atoms with Gasteiger partial charge >= 0.3 is 0 Å². The zero-order valence-corrected chi connectivity index (χ0v) is 59.0. The number of imidazole rings is 4. The van der Waals surface area contributed by atoms with Gasteiger partial charge < -0.3 is 27.2 Å². The molecule has 21 rings (SSSR count). The molecule has 12 nitrogen and oxygen atoms in total. The molecule has 0 fully saturated rings. The minimum absolute atomic E-state index is 0.996. The Balaban J connectivity index is 0.0000000933. The van der Waals surface area contributed by atoms with Crippen molar-refractivity contribution in [1.29, 1.82) is 0 Å². The molecule has 13 aromatic heterocycles. The molecule has 0 N–H and O–H groups in total. The van der Waals surface area contributed by atoms with Crippen LogP contribution in [0.15, 0.2) is 219 Å². The Labute approximate surface area is 573 Å². The van der Waals surface area contributed by atoms with Gasteiger partial charge in [0.1, 0.15) is 0 Å². The van der Waals surface area contributed by atoms with Gasteiger partial charge in [0.25, 0.3) is 0 Å². The van der Waals surface area contributed by atoms with Gasteiger partial charge in [0.2, 0.25) is 11.6 Å². The lowest BCUT2D eigenvalue weighted by atomic mass is 10.1. The first-order valence-electron chi connectivity index (χ1n) is 34.2. The Morgan fingerprint density at radius 1 is 0.306 bits per heavy atom. The summed E-state index contributed by atoms with van der Waals surface area (Å²) in [5.41, 5.74) is 40.8. The number of hydrogen-bond donors (Lipinski definition) is 0. The number of pyridine rings is 3. The predicted molar refractivity (Wildman–Crippen MR) is 403 cm³/mol. The Morgan fingerprint density at radius 2 is 0.776 bits per heavy atom. The minimum atomic E-state index is 0.996. The van der Waals surface area contributed by atoms with Crippen LogP contribution >= 0.6 is 0 Å². The van der Waals surface area contributed by atoms with Crippen LogP contribution in [0, 0.1) is 62.3 Å². The Morgan fingerprint density at radius 3 is 1.39 bits per heavy atom. The average molecular weight is 1290 g/mol. The average Bonchev–Trinajstić information content (AvgIpc) is 1.67. The number of fused-ring (bicyclic) bond motifs is 21. The molecule has 4 aliphatic rings. The molecule has 0 aliphatic heterocycles. The number of aromatic nitrogens is 12. The number of nitrogens with zero attached hydrogens (tertiary/aromatic N) is 12. The normalized spacial score (nSPS) is 12.2. The third-order valence-electron chi connectivity index (χ3n) is 21.4. The molecule has 98 heavy (non-hydrogen) atoms. The molecule has 13 heterocycles. The smallest absolute Gasteiger partial charge is 0.219 e. The summed E-state index contributed by atoms with van der Waals surface area (Å²) in [6.07, 6.45) is 19.3. The Hall–Kier alpha value is -11.2. The predicted octanol–water partition coefficient (Wildman–Crippen LogP) is 18.8. The van der Waals surface area contributed by atoms with Gasteiger partial charge in [-0.15, -0.1) is 0 Å². The summed E-state index contributed by atoms with van der Waals surface area (Å²) in [5.74, 6) is 1.99. The molecular weight excluding hydrogens is 1200 g/mol. The first kappa shape index (κ1) is 62.9. The standard InChI is InChI=1S/4C13H13N.C12H12N2.2C11H11N3/c1-9-13-11(8-14(9)2)7-10-5-3-4-6-12(10)13;1-9-12-7-10-5-3-4-6-11(10)13(12)8-14(9)2;1-9-7-11-8-10-5-3-4-6-12(10)13(11)14(9)2;1-9-7-12-11-6-4-3-5-10(11)8-13(12)14(9)2;1-9-7-12-11(13(9)2)8-10-5-3-4-6-14(10)12;2*1-8-9(2)14-7-10-5-3-4-6-13(10)11(14)12-8/h2*3-6,8H,7H2,1-2H3;2*3-7H,8H2,1-2H3;3-8H,1-2H3;2*3-7H,1-2H3. The molecule has 0 spiro atoms. The van der Waals surface area contributed by atoms with Crippen LogP contribution in [0.1, 0.15) is 95.9 Å². The Bertz CT molecular complexity index is 5430. The molecule has 0 radical (unpaired) electrons. The lowest BCUT2D eigenvalue weighted by Gasteiger charge is -2.04. The minimum Gasteiger partial charge on any atom is -0.354 e. The molecule has 0 atom stereocenters.